The molecule has 1 saturated heterocycles. The molecule has 0 spiro atoms. The summed E-state index contributed by atoms with van der Waals surface area (Å²) in [4.78, 5) is 18.8. The number of aromatic nitrogens is 1. The third-order valence-corrected chi connectivity index (χ3v) is 5.10. The summed E-state index contributed by atoms with van der Waals surface area (Å²) < 4.78 is 17.1. The number of nitrogens with zero attached hydrogens (tertiary/aromatic N) is 2. The monoisotopic (exact) mass is 392 g/mol. The number of carbonyl (C=O) groups is 1. The van der Waals surface area contributed by atoms with Gasteiger partial charge < -0.3 is 19.1 Å². The largest absolute Gasteiger partial charge is 0.493 e. The molecule has 1 fully saturated rings. The summed E-state index contributed by atoms with van der Waals surface area (Å²) in [5.74, 6) is 1.97. The Morgan fingerprint density at radius 1 is 1.00 bits per heavy atom. The Balaban J connectivity index is 1.30. The lowest BCUT2D eigenvalue weighted by molar-refractivity contribution is -0.135. The average molecular weight is 392 g/mol. The third-order valence-electron chi connectivity index (χ3n) is 5.10. The summed E-state index contributed by atoms with van der Waals surface area (Å²) in [6.45, 7) is 1.30. The van der Waals surface area contributed by atoms with Crippen molar-refractivity contribution in [2.24, 2.45) is 0 Å². The zero-order valence-electron chi connectivity index (χ0n) is 16.4. The number of likely N-dealkylation sites (tertiary alicyclic amines) is 1. The molecule has 0 atom stereocenters. The van der Waals surface area contributed by atoms with Gasteiger partial charge in [-0.2, -0.15) is 0 Å². The van der Waals surface area contributed by atoms with Crippen LogP contribution in [0, 0.1) is 0 Å². The van der Waals surface area contributed by atoms with E-state index < -0.39 is 0 Å². The molecule has 1 amide bonds. The van der Waals surface area contributed by atoms with Crippen LogP contribution in [0.15, 0.2) is 60.8 Å². The summed E-state index contributed by atoms with van der Waals surface area (Å²) in [6.07, 6.45) is 3.41. The second-order valence-electron chi connectivity index (χ2n) is 6.97. The van der Waals surface area contributed by atoms with Crippen LogP contribution in [0.4, 0.5) is 0 Å². The van der Waals surface area contributed by atoms with E-state index in [0.29, 0.717) is 24.6 Å². The van der Waals surface area contributed by atoms with E-state index in [2.05, 4.69) is 4.98 Å². The van der Waals surface area contributed by atoms with E-state index in [1.807, 2.05) is 53.4 Å². The predicted molar refractivity (Wildman–Crippen MR) is 110 cm³/mol. The summed E-state index contributed by atoms with van der Waals surface area (Å²) in [6, 6.07) is 17.2. The van der Waals surface area contributed by atoms with Gasteiger partial charge in [0.25, 0.3) is 5.91 Å². The molecule has 4 rings (SSSR count). The summed E-state index contributed by atoms with van der Waals surface area (Å²) in [5, 5.41) is 1.06. The molecule has 2 heterocycles. The molecule has 3 aromatic rings. The molecule has 150 valence electrons. The maximum atomic E-state index is 12.5. The van der Waals surface area contributed by atoms with Crippen molar-refractivity contribution < 1.29 is 19.0 Å². The van der Waals surface area contributed by atoms with Crippen molar-refractivity contribution in [2.75, 3.05) is 26.8 Å². The first-order valence-corrected chi connectivity index (χ1v) is 9.78. The maximum Gasteiger partial charge on any atom is 0.260 e. The summed E-state index contributed by atoms with van der Waals surface area (Å²) in [7, 11) is 1.58. The van der Waals surface area contributed by atoms with E-state index in [0.717, 1.165) is 29.5 Å². The van der Waals surface area contributed by atoms with Crippen LogP contribution in [0.2, 0.25) is 0 Å². The van der Waals surface area contributed by atoms with Crippen LogP contribution in [-0.2, 0) is 4.79 Å². The number of fused-ring (bicyclic) bond motifs is 1. The van der Waals surface area contributed by atoms with Crippen molar-refractivity contribution in [2.45, 2.75) is 18.9 Å². The lowest BCUT2D eigenvalue weighted by Crippen LogP contribution is -2.43. The second-order valence-corrected chi connectivity index (χ2v) is 6.97. The van der Waals surface area contributed by atoms with E-state index in [4.69, 9.17) is 14.2 Å². The van der Waals surface area contributed by atoms with E-state index in [1.165, 1.54) is 0 Å². The Labute approximate surface area is 170 Å². The van der Waals surface area contributed by atoms with Crippen LogP contribution >= 0.6 is 0 Å². The molecule has 6 nitrogen and oxygen atoms in total. The number of para-hydroxylation sites is 3. The molecule has 6 heteroatoms. The first-order chi connectivity index (χ1) is 14.2. The van der Waals surface area contributed by atoms with Crippen LogP contribution in [0.3, 0.4) is 0 Å². The highest BCUT2D eigenvalue weighted by Crippen LogP contribution is 2.27. The molecule has 0 aliphatic carbocycles. The minimum absolute atomic E-state index is 0.000853. The van der Waals surface area contributed by atoms with Gasteiger partial charge in [-0.1, -0.05) is 30.3 Å². The molecule has 29 heavy (non-hydrogen) atoms. The highest BCUT2D eigenvalue weighted by Gasteiger charge is 2.25. The molecule has 0 unspecified atom stereocenters. The van der Waals surface area contributed by atoms with Gasteiger partial charge in [-0.05, 0) is 24.3 Å². The summed E-state index contributed by atoms with van der Waals surface area (Å²) in [5.41, 5.74) is 0.874. The van der Waals surface area contributed by atoms with Crippen LogP contribution in [-0.4, -0.2) is 48.7 Å². The number of piperidine rings is 1. The van der Waals surface area contributed by atoms with Crippen LogP contribution in [0.5, 0.6) is 17.2 Å². The number of hydrogen-bond donors (Lipinski definition) is 0. The normalized spacial score (nSPS) is 14.6. The van der Waals surface area contributed by atoms with Gasteiger partial charge in [-0.15, -0.1) is 0 Å². The number of rotatable bonds is 6. The molecule has 0 saturated carbocycles. The number of benzene rings is 2. The van der Waals surface area contributed by atoms with Crippen LogP contribution in [0.1, 0.15) is 12.8 Å². The topological polar surface area (TPSA) is 60.9 Å². The molecule has 0 bridgehead atoms. The number of carbonyl (C=O) groups excluding carboxylic acids is 1. The lowest BCUT2D eigenvalue weighted by atomic mass is 10.1. The number of methoxy groups -OCH3 is 1. The highest BCUT2D eigenvalue weighted by atomic mass is 16.5. The Morgan fingerprint density at radius 2 is 1.72 bits per heavy atom. The Kier molecular flexibility index (Phi) is 5.79. The molecule has 0 N–H and O–H groups in total. The molecule has 1 aliphatic rings. The van der Waals surface area contributed by atoms with Crippen molar-refractivity contribution in [1.29, 1.82) is 0 Å². The van der Waals surface area contributed by atoms with E-state index in [9.17, 15) is 4.79 Å². The lowest BCUT2D eigenvalue weighted by Gasteiger charge is -2.32. The van der Waals surface area contributed by atoms with Crippen molar-refractivity contribution in [3.05, 3.63) is 60.8 Å². The fraction of sp³-hybridized carbons (Fsp3) is 0.304. The molecule has 2 aromatic carbocycles. The Morgan fingerprint density at radius 3 is 2.52 bits per heavy atom. The zero-order valence-corrected chi connectivity index (χ0v) is 16.4. The fourth-order valence-electron chi connectivity index (χ4n) is 3.54. The van der Waals surface area contributed by atoms with Gasteiger partial charge in [-0.25, -0.2) is 0 Å². The van der Waals surface area contributed by atoms with Gasteiger partial charge in [0.2, 0.25) is 0 Å². The fourth-order valence-corrected chi connectivity index (χ4v) is 3.54. The third kappa shape index (κ3) is 4.42. The number of pyridine rings is 1. The van der Waals surface area contributed by atoms with Crippen LogP contribution < -0.4 is 14.2 Å². The molecule has 0 radical (unpaired) electrons. The summed E-state index contributed by atoms with van der Waals surface area (Å²) >= 11 is 0. The van der Waals surface area contributed by atoms with E-state index in [1.54, 1.807) is 19.4 Å². The van der Waals surface area contributed by atoms with Crippen molar-refractivity contribution in [3.8, 4) is 17.2 Å². The van der Waals surface area contributed by atoms with Gasteiger partial charge in [0, 0.05) is 37.5 Å². The van der Waals surface area contributed by atoms with Gasteiger partial charge in [0.15, 0.2) is 18.1 Å². The van der Waals surface area contributed by atoms with Gasteiger partial charge >= 0.3 is 0 Å². The highest BCUT2D eigenvalue weighted by molar-refractivity contribution is 5.84. The van der Waals surface area contributed by atoms with Crippen molar-refractivity contribution in [1.82, 2.24) is 9.88 Å². The SMILES string of the molecule is COc1ccccc1OCC(=O)N1CCC(Oc2cccc3cccnc23)CC1. The van der Waals surface area contributed by atoms with Gasteiger partial charge in [0.05, 0.1) is 7.11 Å². The second kappa shape index (κ2) is 8.82. The molecule has 1 aromatic heterocycles. The van der Waals surface area contributed by atoms with Crippen molar-refractivity contribution >= 4 is 16.8 Å². The first-order valence-electron chi connectivity index (χ1n) is 9.78. The van der Waals surface area contributed by atoms with Crippen LogP contribution in [0.25, 0.3) is 10.9 Å². The number of amides is 1. The smallest absolute Gasteiger partial charge is 0.260 e. The van der Waals surface area contributed by atoms with E-state index in [-0.39, 0.29) is 18.6 Å². The van der Waals surface area contributed by atoms with E-state index >= 15 is 0 Å². The number of hydrogen-bond acceptors (Lipinski definition) is 5. The Hall–Kier alpha value is -3.28. The minimum atomic E-state index is -0.0267. The Bertz CT molecular complexity index is 978. The maximum absolute atomic E-state index is 12.5. The molecular formula is C23H24N2O4. The predicted octanol–water partition coefficient (Wildman–Crippen LogP) is 3.69. The molecule has 1 aliphatic heterocycles. The first kappa shape index (κ1) is 19.1. The zero-order chi connectivity index (χ0) is 20.1. The quantitative estimate of drug-likeness (QED) is 0.640. The minimum Gasteiger partial charge on any atom is -0.493 e. The van der Waals surface area contributed by atoms with Gasteiger partial charge in [-0.3, -0.25) is 9.78 Å². The standard InChI is InChI=1S/C23H24N2O4/c1-27-19-8-2-3-9-20(19)28-16-22(26)25-14-11-18(12-15-25)29-21-10-4-6-17-7-5-13-24-23(17)21/h2-10,13,18H,11-12,14-16H2,1H3. The molecular weight excluding hydrogens is 368 g/mol. The van der Waals surface area contributed by atoms with Gasteiger partial charge in [0.1, 0.15) is 17.4 Å². The number of ether oxygens (including phenoxy) is 3. The van der Waals surface area contributed by atoms with Crippen molar-refractivity contribution in [3.63, 3.8) is 0 Å². The average Bonchev–Trinajstić information content (AvgIpc) is 2.78.